The number of benzene rings is 1. The number of rotatable bonds is 3. The standard InChI is InChI=1S/C24H22N6O2/c1-3-20-28-18-11-15(6-8-19(18)32-20)5-7-16-12-30(24-22(16)23(25)26-14-27-24)17-9-10-29(13-17)21(31)4-2/h4,6,8,11-12,14,17H,2-3,9-10,13H2,1H3,(H2,25,26,27). The molecule has 4 aromatic rings. The number of nitrogens with two attached hydrogens (primary N) is 1. The molecule has 1 saturated heterocycles. The van der Waals surface area contributed by atoms with Crippen molar-refractivity contribution >= 4 is 33.9 Å². The highest BCUT2D eigenvalue weighted by Crippen LogP contribution is 2.30. The Kier molecular flexibility index (Phi) is 4.86. The molecule has 0 spiro atoms. The first-order valence-electron chi connectivity index (χ1n) is 10.5. The monoisotopic (exact) mass is 426 g/mol. The molecule has 2 N–H and O–H groups in total. The van der Waals surface area contributed by atoms with Crippen LogP contribution < -0.4 is 5.73 Å². The molecule has 5 rings (SSSR count). The Bertz CT molecular complexity index is 1420. The van der Waals surface area contributed by atoms with Crippen molar-refractivity contribution in [2.75, 3.05) is 18.8 Å². The van der Waals surface area contributed by atoms with Gasteiger partial charge in [0.2, 0.25) is 5.91 Å². The lowest BCUT2D eigenvalue weighted by molar-refractivity contribution is -0.125. The lowest BCUT2D eigenvalue weighted by Crippen LogP contribution is -2.27. The minimum absolute atomic E-state index is 0.0624. The van der Waals surface area contributed by atoms with Crippen LogP contribution in [0.25, 0.3) is 22.1 Å². The minimum Gasteiger partial charge on any atom is -0.441 e. The summed E-state index contributed by atoms with van der Waals surface area (Å²) < 4.78 is 7.73. The SMILES string of the molecule is C=CC(=O)N1CCC(n2cc(C#Cc3ccc4oc(CC)nc4c3)c3c(N)ncnc32)C1. The van der Waals surface area contributed by atoms with Crippen molar-refractivity contribution in [3.8, 4) is 11.8 Å². The number of amides is 1. The first-order valence-corrected chi connectivity index (χ1v) is 10.5. The number of anilines is 1. The Balaban J connectivity index is 1.53. The van der Waals surface area contributed by atoms with E-state index in [1.807, 2.05) is 31.3 Å². The molecule has 0 bridgehead atoms. The van der Waals surface area contributed by atoms with Gasteiger partial charge < -0.3 is 19.6 Å². The van der Waals surface area contributed by atoms with Crippen LogP contribution in [0, 0.1) is 11.8 Å². The number of carbonyl (C=O) groups excluding carboxylic acids is 1. The second-order valence-electron chi connectivity index (χ2n) is 7.73. The van der Waals surface area contributed by atoms with Crippen LogP contribution in [0.1, 0.15) is 36.4 Å². The van der Waals surface area contributed by atoms with Gasteiger partial charge in [-0.3, -0.25) is 4.79 Å². The van der Waals surface area contributed by atoms with E-state index in [9.17, 15) is 4.79 Å². The zero-order valence-corrected chi connectivity index (χ0v) is 17.7. The van der Waals surface area contributed by atoms with Crippen molar-refractivity contribution in [1.29, 1.82) is 0 Å². The molecule has 8 heteroatoms. The third kappa shape index (κ3) is 3.38. The van der Waals surface area contributed by atoms with Crippen molar-refractivity contribution in [3.05, 3.63) is 60.4 Å². The molecular formula is C24H22N6O2. The van der Waals surface area contributed by atoms with Gasteiger partial charge in [-0.25, -0.2) is 15.0 Å². The number of carbonyl (C=O) groups is 1. The van der Waals surface area contributed by atoms with Gasteiger partial charge in [0.1, 0.15) is 23.3 Å². The molecule has 0 saturated carbocycles. The van der Waals surface area contributed by atoms with Crippen molar-refractivity contribution < 1.29 is 9.21 Å². The predicted octanol–water partition coefficient (Wildman–Crippen LogP) is 3.08. The van der Waals surface area contributed by atoms with Gasteiger partial charge in [0, 0.05) is 31.3 Å². The molecule has 1 amide bonds. The van der Waals surface area contributed by atoms with E-state index in [-0.39, 0.29) is 11.9 Å². The summed E-state index contributed by atoms with van der Waals surface area (Å²) in [6, 6.07) is 5.80. The van der Waals surface area contributed by atoms with E-state index in [0.29, 0.717) is 24.8 Å². The Morgan fingerprint density at radius 2 is 2.25 bits per heavy atom. The Hall–Kier alpha value is -4.12. The number of fused-ring (bicyclic) bond motifs is 2. The van der Waals surface area contributed by atoms with Gasteiger partial charge in [-0.2, -0.15) is 0 Å². The van der Waals surface area contributed by atoms with Crippen molar-refractivity contribution in [2.45, 2.75) is 25.8 Å². The number of oxazole rings is 1. The molecule has 3 aromatic heterocycles. The number of hydrogen-bond donors (Lipinski definition) is 1. The van der Waals surface area contributed by atoms with E-state index >= 15 is 0 Å². The Labute approximate surface area is 184 Å². The molecule has 0 radical (unpaired) electrons. The second-order valence-corrected chi connectivity index (χ2v) is 7.73. The summed E-state index contributed by atoms with van der Waals surface area (Å²) in [7, 11) is 0. The van der Waals surface area contributed by atoms with Gasteiger partial charge in [0.15, 0.2) is 11.5 Å². The number of aromatic nitrogens is 4. The fourth-order valence-corrected chi connectivity index (χ4v) is 4.12. The molecule has 1 aliphatic heterocycles. The lowest BCUT2D eigenvalue weighted by Gasteiger charge is -2.15. The molecular weight excluding hydrogens is 404 g/mol. The summed E-state index contributed by atoms with van der Waals surface area (Å²) in [6.07, 6.45) is 6.33. The predicted molar refractivity (Wildman–Crippen MR) is 122 cm³/mol. The topological polar surface area (TPSA) is 103 Å². The number of hydrogen-bond acceptors (Lipinski definition) is 6. The van der Waals surface area contributed by atoms with Crippen LogP contribution in [-0.4, -0.2) is 43.4 Å². The van der Waals surface area contributed by atoms with Crippen molar-refractivity contribution in [2.24, 2.45) is 0 Å². The second kappa shape index (κ2) is 7.85. The normalized spacial score (nSPS) is 15.8. The lowest BCUT2D eigenvalue weighted by atomic mass is 10.2. The molecule has 32 heavy (non-hydrogen) atoms. The summed E-state index contributed by atoms with van der Waals surface area (Å²) in [6.45, 7) is 6.85. The molecule has 1 atom stereocenters. The van der Waals surface area contributed by atoms with Gasteiger partial charge in [-0.1, -0.05) is 25.3 Å². The number of nitrogens with zero attached hydrogens (tertiary/aromatic N) is 5. The van der Waals surface area contributed by atoms with Crippen LogP contribution in [0.3, 0.4) is 0 Å². The van der Waals surface area contributed by atoms with Gasteiger partial charge in [-0.15, -0.1) is 0 Å². The Morgan fingerprint density at radius 3 is 3.06 bits per heavy atom. The average Bonchev–Trinajstić information content (AvgIpc) is 3.53. The van der Waals surface area contributed by atoms with Gasteiger partial charge in [0.05, 0.1) is 17.0 Å². The summed E-state index contributed by atoms with van der Waals surface area (Å²) in [4.78, 5) is 26.9. The maximum Gasteiger partial charge on any atom is 0.246 e. The number of nitrogen functional groups attached to an aromatic ring is 1. The minimum atomic E-state index is -0.0624. The van der Waals surface area contributed by atoms with Crippen LogP contribution in [0.15, 0.2) is 47.8 Å². The summed E-state index contributed by atoms with van der Waals surface area (Å²) >= 11 is 0. The summed E-state index contributed by atoms with van der Waals surface area (Å²) in [5.74, 6) is 7.47. The van der Waals surface area contributed by atoms with Crippen LogP contribution in [0.4, 0.5) is 5.82 Å². The maximum atomic E-state index is 12.0. The fraction of sp³-hybridized carbons (Fsp3) is 0.250. The third-order valence-corrected chi connectivity index (χ3v) is 5.76. The smallest absolute Gasteiger partial charge is 0.246 e. The van der Waals surface area contributed by atoms with Gasteiger partial charge in [0.25, 0.3) is 0 Å². The van der Waals surface area contributed by atoms with E-state index < -0.39 is 0 Å². The first-order chi connectivity index (χ1) is 15.6. The fourth-order valence-electron chi connectivity index (χ4n) is 4.12. The Morgan fingerprint density at radius 1 is 1.38 bits per heavy atom. The number of aryl methyl sites for hydroxylation is 1. The van der Waals surface area contributed by atoms with E-state index in [2.05, 4.69) is 37.9 Å². The highest BCUT2D eigenvalue weighted by Gasteiger charge is 2.28. The van der Waals surface area contributed by atoms with Gasteiger partial charge >= 0.3 is 0 Å². The highest BCUT2D eigenvalue weighted by atomic mass is 16.3. The largest absolute Gasteiger partial charge is 0.441 e. The maximum absolute atomic E-state index is 12.0. The molecule has 1 aromatic carbocycles. The molecule has 8 nitrogen and oxygen atoms in total. The van der Waals surface area contributed by atoms with E-state index in [1.54, 1.807) is 4.90 Å². The van der Waals surface area contributed by atoms with E-state index in [0.717, 1.165) is 46.1 Å². The number of likely N-dealkylation sites (tertiary alicyclic amines) is 1. The molecule has 1 unspecified atom stereocenters. The van der Waals surface area contributed by atoms with Crippen LogP contribution in [0.5, 0.6) is 0 Å². The molecule has 4 heterocycles. The van der Waals surface area contributed by atoms with E-state index in [4.69, 9.17) is 10.2 Å². The van der Waals surface area contributed by atoms with Crippen molar-refractivity contribution in [3.63, 3.8) is 0 Å². The first kappa shape index (κ1) is 19.8. The molecule has 160 valence electrons. The molecule has 1 aliphatic rings. The quantitative estimate of drug-likeness (QED) is 0.399. The van der Waals surface area contributed by atoms with Crippen molar-refractivity contribution in [1.82, 2.24) is 24.4 Å². The van der Waals surface area contributed by atoms with Crippen LogP contribution in [0.2, 0.25) is 0 Å². The van der Waals surface area contributed by atoms with Crippen LogP contribution >= 0.6 is 0 Å². The van der Waals surface area contributed by atoms with E-state index in [1.165, 1.54) is 12.4 Å². The average molecular weight is 426 g/mol. The third-order valence-electron chi connectivity index (χ3n) is 5.76. The zero-order chi connectivity index (χ0) is 22.2. The van der Waals surface area contributed by atoms with Crippen LogP contribution in [-0.2, 0) is 11.2 Å². The summed E-state index contributed by atoms with van der Waals surface area (Å²) in [5.41, 5.74) is 10.0. The van der Waals surface area contributed by atoms with Gasteiger partial charge in [-0.05, 0) is 30.7 Å². The zero-order valence-electron chi connectivity index (χ0n) is 17.7. The summed E-state index contributed by atoms with van der Waals surface area (Å²) in [5, 5.41) is 0.726. The highest BCUT2D eigenvalue weighted by molar-refractivity contribution is 5.92. The molecule has 0 aliphatic carbocycles. The molecule has 1 fully saturated rings.